The third-order valence-electron chi connectivity index (χ3n) is 5.76. The highest BCUT2D eigenvalue weighted by Gasteiger charge is 2.28. The molecule has 1 aromatic carbocycles. The van der Waals surface area contributed by atoms with E-state index in [4.69, 9.17) is 4.98 Å². The van der Waals surface area contributed by atoms with Gasteiger partial charge in [0.2, 0.25) is 14.9 Å². The van der Waals surface area contributed by atoms with Gasteiger partial charge in [0.15, 0.2) is 5.65 Å². The second kappa shape index (κ2) is 7.63. The predicted octanol–water partition coefficient (Wildman–Crippen LogP) is 4.48. The topological polar surface area (TPSA) is 89.2 Å². The molecule has 9 heteroatoms. The first-order valence-corrected chi connectivity index (χ1v) is 12.7. The van der Waals surface area contributed by atoms with Crippen molar-refractivity contribution in [2.24, 2.45) is 0 Å². The number of rotatable bonds is 5. The van der Waals surface area contributed by atoms with Gasteiger partial charge in [-0.3, -0.25) is 0 Å². The van der Waals surface area contributed by atoms with Crippen LogP contribution in [-0.4, -0.2) is 34.3 Å². The first-order valence-electron chi connectivity index (χ1n) is 10.3. The molecule has 0 bridgehead atoms. The van der Waals surface area contributed by atoms with E-state index in [0.717, 1.165) is 40.9 Å². The molecule has 0 unspecified atom stereocenters. The smallest absolute Gasteiger partial charge is 0.229 e. The highest BCUT2D eigenvalue weighted by Crippen LogP contribution is 2.32. The molecule has 0 atom stereocenters. The summed E-state index contributed by atoms with van der Waals surface area (Å²) in [7, 11) is -3.83. The monoisotopic (exact) mass is 441 g/mol. The number of nitrogens with zero attached hydrogens (tertiary/aromatic N) is 4. The van der Waals surface area contributed by atoms with Crippen LogP contribution in [0.3, 0.4) is 0 Å². The highest BCUT2D eigenvalue weighted by molar-refractivity contribution is 7.91. The van der Waals surface area contributed by atoms with Crippen molar-refractivity contribution in [3.05, 3.63) is 41.3 Å². The Hall–Kier alpha value is -2.52. The lowest BCUT2D eigenvalue weighted by Gasteiger charge is -2.23. The SMILES string of the molecule is CCc1ccc(S(=O)(=O)c2nnn3c2nc(NC2CCCCC2)c2sccc23)cc1. The van der Waals surface area contributed by atoms with E-state index in [2.05, 4.69) is 15.6 Å². The van der Waals surface area contributed by atoms with Gasteiger partial charge in [-0.05, 0) is 48.4 Å². The second-order valence-corrected chi connectivity index (χ2v) is 10.5. The number of benzene rings is 1. The molecule has 1 saturated carbocycles. The molecule has 1 aliphatic carbocycles. The number of fused-ring (bicyclic) bond motifs is 3. The molecule has 3 heterocycles. The largest absolute Gasteiger partial charge is 0.366 e. The quantitative estimate of drug-likeness (QED) is 0.491. The maximum absolute atomic E-state index is 13.3. The van der Waals surface area contributed by atoms with E-state index in [0.29, 0.717) is 6.04 Å². The van der Waals surface area contributed by atoms with Crippen LogP contribution in [0.5, 0.6) is 0 Å². The Kier molecular flexibility index (Phi) is 4.94. The Labute approximate surface area is 179 Å². The first kappa shape index (κ1) is 19.4. The number of hydrogen-bond donors (Lipinski definition) is 1. The van der Waals surface area contributed by atoms with Gasteiger partial charge < -0.3 is 5.32 Å². The van der Waals surface area contributed by atoms with E-state index >= 15 is 0 Å². The van der Waals surface area contributed by atoms with Crippen molar-refractivity contribution in [1.29, 1.82) is 0 Å². The summed E-state index contributed by atoms with van der Waals surface area (Å²) in [6.45, 7) is 2.03. The summed E-state index contributed by atoms with van der Waals surface area (Å²) in [6, 6.07) is 9.21. The Morgan fingerprint density at radius 3 is 2.63 bits per heavy atom. The molecule has 0 aliphatic heterocycles. The van der Waals surface area contributed by atoms with Gasteiger partial charge in [0, 0.05) is 6.04 Å². The van der Waals surface area contributed by atoms with Crippen molar-refractivity contribution in [2.75, 3.05) is 5.32 Å². The zero-order valence-electron chi connectivity index (χ0n) is 16.7. The number of aromatic nitrogens is 4. The molecule has 1 aliphatic rings. The molecule has 156 valence electrons. The van der Waals surface area contributed by atoms with Crippen LogP contribution in [0.2, 0.25) is 0 Å². The van der Waals surface area contributed by atoms with Crippen molar-refractivity contribution in [1.82, 2.24) is 19.8 Å². The maximum atomic E-state index is 13.3. The Morgan fingerprint density at radius 1 is 1.13 bits per heavy atom. The molecule has 4 aromatic rings. The Bertz CT molecular complexity index is 1300. The van der Waals surface area contributed by atoms with Crippen LogP contribution in [-0.2, 0) is 16.3 Å². The molecule has 0 radical (unpaired) electrons. The standard InChI is InChI=1S/C21H23N5O2S2/c1-2-14-8-10-16(11-9-14)30(27,28)21-20-23-19(22-15-6-4-3-5-7-15)18-17(12-13-29-18)26(20)25-24-21/h8-13,15H,2-7H2,1H3,(H,22,23). The van der Waals surface area contributed by atoms with E-state index < -0.39 is 9.84 Å². The number of sulfone groups is 1. The van der Waals surface area contributed by atoms with Crippen molar-refractivity contribution in [3.63, 3.8) is 0 Å². The van der Waals surface area contributed by atoms with Gasteiger partial charge in [0.05, 0.1) is 15.1 Å². The van der Waals surface area contributed by atoms with Crippen molar-refractivity contribution in [2.45, 2.75) is 61.4 Å². The maximum Gasteiger partial charge on any atom is 0.229 e. The van der Waals surface area contributed by atoms with E-state index in [9.17, 15) is 8.42 Å². The lowest BCUT2D eigenvalue weighted by atomic mass is 9.95. The number of nitrogens with one attached hydrogen (secondary N) is 1. The summed E-state index contributed by atoms with van der Waals surface area (Å²) in [5.41, 5.74) is 2.16. The second-order valence-electron chi connectivity index (χ2n) is 7.71. The molecule has 1 N–H and O–H groups in total. The van der Waals surface area contributed by atoms with E-state index in [1.165, 1.54) is 23.8 Å². The van der Waals surface area contributed by atoms with Crippen molar-refractivity contribution in [3.8, 4) is 0 Å². The molecule has 0 spiro atoms. The van der Waals surface area contributed by atoms with Crippen LogP contribution in [0.1, 0.15) is 44.6 Å². The summed E-state index contributed by atoms with van der Waals surface area (Å²) in [5.74, 6) is 0.722. The van der Waals surface area contributed by atoms with Crippen LogP contribution in [0, 0.1) is 0 Å². The lowest BCUT2D eigenvalue weighted by molar-refractivity contribution is 0.462. The fraction of sp³-hybridized carbons (Fsp3) is 0.381. The fourth-order valence-electron chi connectivity index (χ4n) is 4.05. The average molecular weight is 442 g/mol. The van der Waals surface area contributed by atoms with Crippen molar-refractivity contribution < 1.29 is 8.42 Å². The van der Waals surface area contributed by atoms with E-state index in [-0.39, 0.29) is 15.6 Å². The van der Waals surface area contributed by atoms with Crippen LogP contribution >= 0.6 is 11.3 Å². The fourth-order valence-corrected chi connectivity index (χ4v) is 6.11. The number of anilines is 1. The van der Waals surface area contributed by atoms with Gasteiger partial charge in [0.1, 0.15) is 5.82 Å². The minimum Gasteiger partial charge on any atom is -0.366 e. The Balaban J connectivity index is 1.63. The summed E-state index contributed by atoms with van der Waals surface area (Å²) in [5, 5.41) is 13.6. The van der Waals surface area contributed by atoms with Gasteiger partial charge in [-0.25, -0.2) is 13.4 Å². The molecular weight excluding hydrogens is 418 g/mol. The van der Waals surface area contributed by atoms with Gasteiger partial charge in [0.25, 0.3) is 0 Å². The molecule has 7 nitrogen and oxygen atoms in total. The number of thiophene rings is 1. The summed E-state index contributed by atoms with van der Waals surface area (Å²) >= 11 is 1.57. The van der Waals surface area contributed by atoms with Gasteiger partial charge in [-0.2, -0.15) is 4.52 Å². The van der Waals surface area contributed by atoms with Crippen LogP contribution in [0.15, 0.2) is 45.6 Å². The van der Waals surface area contributed by atoms with Gasteiger partial charge in [-0.1, -0.05) is 43.5 Å². The summed E-state index contributed by atoms with van der Waals surface area (Å²) in [6.07, 6.45) is 6.73. The minimum atomic E-state index is -3.83. The molecule has 3 aromatic heterocycles. The molecule has 1 fully saturated rings. The normalized spacial score (nSPS) is 15.8. The third kappa shape index (κ3) is 3.26. The van der Waals surface area contributed by atoms with E-state index in [1.54, 1.807) is 23.5 Å². The minimum absolute atomic E-state index is 0.105. The molecule has 30 heavy (non-hydrogen) atoms. The molecule has 0 amide bonds. The lowest BCUT2D eigenvalue weighted by Crippen LogP contribution is -2.23. The number of hydrogen-bond acceptors (Lipinski definition) is 7. The predicted molar refractivity (Wildman–Crippen MR) is 118 cm³/mol. The molecule has 0 saturated heterocycles. The van der Waals surface area contributed by atoms with Gasteiger partial charge in [-0.15, -0.1) is 16.4 Å². The zero-order chi connectivity index (χ0) is 20.7. The molecular formula is C21H23N5O2S2. The summed E-state index contributed by atoms with van der Waals surface area (Å²) < 4.78 is 29.1. The third-order valence-corrected chi connectivity index (χ3v) is 8.34. The number of aryl methyl sites for hydroxylation is 1. The van der Waals surface area contributed by atoms with Crippen LogP contribution < -0.4 is 5.32 Å². The summed E-state index contributed by atoms with van der Waals surface area (Å²) in [4.78, 5) is 4.92. The van der Waals surface area contributed by atoms with Crippen LogP contribution in [0.4, 0.5) is 5.82 Å². The highest BCUT2D eigenvalue weighted by atomic mass is 32.2. The van der Waals surface area contributed by atoms with E-state index in [1.807, 2.05) is 30.5 Å². The Morgan fingerprint density at radius 2 is 1.90 bits per heavy atom. The van der Waals surface area contributed by atoms with Crippen LogP contribution in [0.25, 0.3) is 15.9 Å². The van der Waals surface area contributed by atoms with Gasteiger partial charge >= 0.3 is 0 Å². The molecule has 5 rings (SSSR count). The first-order chi connectivity index (χ1) is 14.6. The average Bonchev–Trinajstić information content (AvgIpc) is 3.42. The zero-order valence-corrected chi connectivity index (χ0v) is 18.3. The van der Waals surface area contributed by atoms with Crippen molar-refractivity contribution >= 4 is 42.9 Å².